The molecule has 0 aliphatic rings. The molecule has 1 aromatic heterocycles. The van der Waals surface area contributed by atoms with Crippen molar-refractivity contribution in [1.82, 2.24) is 14.5 Å². The molecular weight excluding hydrogens is 302 g/mol. The third-order valence-corrected chi connectivity index (χ3v) is 4.59. The van der Waals surface area contributed by atoms with E-state index in [4.69, 9.17) is 0 Å². The molecule has 1 rings (SSSR count). The highest BCUT2D eigenvalue weighted by molar-refractivity contribution is 7.81. The van der Waals surface area contributed by atoms with Crippen LogP contribution < -0.4 is 10.5 Å². The van der Waals surface area contributed by atoms with Gasteiger partial charge in [-0.25, -0.2) is 0 Å². The van der Waals surface area contributed by atoms with Gasteiger partial charge in [-0.1, -0.05) is 39.8 Å². The van der Waals surface area contributed by atoms with Gasteiger partial charge in [-0.05, 0) is 46.0 Å². The summed E-state index contributed by atoms with van der Waals surface area (Å²) >= 11 is 4.69. The van der Waals surface area contributed by atoms with E-state index in [1.807, 2.05) is 7.05 Å². The molecule has 0 aliphatic carbocycles. The number of rotatable bonds is 11. The van der Waals surface area contributed by atoms with Crippen molar-refractivity contribution < 1.29 is 0 Å². The van der Waals surface area contributed by atoms with Crippen LogP contribution in [0, 0.1) is 0 Å². The number of aromatic nitrogens is 1. The molecule has 4 nitrogen and oxygen atoms in total. The van der Waals surface area contributed by atoms with E-state index < -0.39 is 0 Å². The molecule has 0 fully saturated rings. The van der Waals surface area contributed by atoms with Gasteiger partial charge in [0, 0.05) is 6.20 Å². The third kappa shape index (κ3) is 6.47. The normalized spacial score (nSPS) is 11.8. The summed E-state index contributed by atoms with van der Waals surface area (Å²) in [7, 11) is 2.02. The van der Waals surface area contributed by atoms with Crippen molar-refractivity contribution in [3.05, 3.63) is 18.3 Å². The van der Waals surface area contributed by atoms with E-state index in [1.165, 1.54) is 25.7 Å². The number of nitrogens with one attached hydrogen (secondary N) is 2. The van der Waals surface area contributed by atoms with Crippen LogP contribution in [-0.4, -0.2) is 36.8 Å². The molecule has 0 saturated heterocycles. The van der Waals surface area contributed by atoms with E-state index in [0.29, 0.717) is 6.98 Å². The first kappa shape index (κ1) is 20.5. The highest BCUT2D eigenvalue weighted by Gasteiger charge is 2.27. The maximum Gasteiger partial charge on any atom is 0.327 e. The number of thiol groups is 1. The van der Waals surface area contributed by atoms with E-state index in [2.05, 4.69) is 85.1 Å². The van der Waals surface area contributed by atoms with E-state index in [1.54, 1.807) is 0 Å². The quantitative estimate of drug-likeness (QED) is 0.326. The second-order valence-corrected chi connectivity index (χ2v) is 7.94. The minimum absolute atomic E-state index is 0.216. The largest absolute Gasteiger partial charge is 0.401 e. The Morgan fingerprint density at radius 1 is 1.22 bits per heavy atom. The number of hydrogen-bond acceptors (Lipinski definition) is 4. The Morgan fingerprint density at radius 2 is 1.91 bits per heavy atom. The van der Waals surface area contributed by atoms with Crippen molar-refractivity contribution in [2.45, 2.75) is 65.0 Å². The third-order valence-electron chi connectivity index (χ3n) is 4.38. The topological polar surface area (TPSA) is 32.2 Å². The second kappa shape index (κ2) is 9.70. The molecule has 0 aromatic carbocycles. The zero-order valence-corrected chi connectivity index (χ0v) is 16.7. The van der Waals surface area contributed by atoms with Gasteiger partial charge in [0.05, 0.1) is 10.7 Å². The SMILES string of the molecule is CCCCCCN(B(C)NC)B(C)Nc1cccn1C(C)(C)S. The summed E-state index contributed by atoms with van der Waals surface area (Å²) in [6, 6.07) is 4.19. The second-order valence-electron chi connectivity index (χ2n) is 6.84. The zero-order chi connectivity index (χ0) is 17.5. The molecule has 0 saturated carbocycles. The van der Waals surface area contributed by atoms with Crippen LogP contribution in [0.5, 0.6) is 0 Å². The predicted molar refractivity (Wildman–Crippen MR) is 110 cm³/mol. The molecule has 0 aliphatic heterocycles. The lowest BCUT2D eigenvalue weighted by molar-refractivity contribution is 0.546. The number of unbranched alkanes of at least 4 members (excludes halogenated alkanes) is 3. The van der Waals surface area contributed by atoms with Crippen LogP contribution >= 0.6 is 12.6 Å². The van der Waals surface area contributed by atoms with Crippen molar-refractivity contribution in [2.75, 3.05) is 18.8 Å². The van der Waals surface area contributed by atoms with Gasteiger partial charge in [0.25, 0.3) is 6.98 Å². The summed E-state index contributed by atoms with van der Waals surface area (Å²) in [5, 5.41) is 7.03. The monoisotopic (exact) mass is 336 g/mol. The van der Waals surface area contributed by atoms with E-state index in [9.17, 15) is 0 Å². The van der Waals surface area contributed by atoms with Crippen molar-refractivity contribution >= 4 is 32.4 Å². The fraction of sp³-hybridized carbons (Fsp3) is 0.750. The minimum atomic E-state index is -0.216. The molecule has 0 unspecified atom stereocenters. The Morgan fingerprint density at radius 3 is 2.48 bits per heavy atom. The Bertz CT molecular complexity index is 448. The van der Waals surface area contributed by atoms with Gasteiger partial charge < -0.3 is 19.7 Å². The fourth-order valence-corrected chi connectivity index (χ4v) is 3.06. The average molecular weight is 336 g/mol. The maximum atomic E-state index is 4.69. The molecule has 0 bridgehead atoms. The number of hydrogen-bond donors (Lipinski definition) is 3. The van der Waals surface area contributed by atoms with Crippen LogP contribution in [-0.2, 0) is 4.87 Å². The van der Waals surface area contributed by atoms with Gasteiger partial charge in [0.15, 0.2) is 0 Å². The lowest BCUT2D eigenvalue weighted by Gasteiger charge is -2.33. The lowest BCUT2D eigenvalue weighted by Crippen LogP contribution is -2.56. The molecule has 0 radical (unpaired) electrons. The summed E-state index contributed by atoms with van der Waals surface area (Å²) in [6.07, 6.45) is 7.22. The maximum absolute atomic E-state index is 4.69. The summed E-state index contributed by atoms with van der Waals surface area (Å²) in [5.41, 5.74) is 0. The summed E-state index contributed by atoms with van der Waals surface area (Å²) in [4.78, 5) is -0.216. The van der Waals surface area contributed by atoms with Gasteiger partial charge in [-0.15, -0.1) is 0 Å². The molecule has 7 heteroatoms. The van der Waals surface area contributed by atoms with Gasteiger partial charge in [0.1, 0.15) is 0 Å². The predicted octanol–water partition coefficient (Wildman–Crippen LogP) is 3.86. The molecule has 0 amide bonds. The standard InChI is InChI=1S/C16H34B2N4S/c1-7-8-9-10-14-22(17(4)19-6)18(5)20-15-12-11-13-21(15)16(2,3)23/h11-13,19-20,23H,7-10,14H2,1-6H3. The first-order valence-corrected chi connectivity index (χ1v) is 9.35. The summed E-state index contributed by atoms with van der Waals surface area (Å²) in [5.74, 6) is 1.11. The Labute approximate surface area is 149 Å². The van der Waals surface area contributed by atoms with Crippen LogP contribution in [0.1, 0.15) is 46.5 Å². The smallest absolute Gasteiger partial charge is 0.327 e. The van der Waals surface area contributed by atoms with Crippen LogP contribution in [0.2, 0.25) is 13.6 Å². The lowest BCUT2D eigenvalue weighted by atomic mass is 9.62. The summed E-state index contributed by atoms with van der Waals surface area (Å²) < 4.78 is 4.66. The number of anilines is 1. The summed E-state index contributed by atoms with van der Waals surface area (Å²) in [6.45, 7) is 12.6. The van der Waals surface area contributed by atoms with Crippen LogP contribution in [0.25, 0.3) is 0 Å². The molecule has 130 valence electrons. The molecule has 1 heterocycles. The Kier molecular flexibility index (Phi) is 8.65. The van der Waals surface area contributed by atoms with Crippen LogP contribution in [0.15, 0.2) is 18.3 Å². The Balaban J connectivity index is 2.73. The molecular formula is C16H34B2N4S. The zero-order valence-electron chi connectivity index (χ0n) is 15.8. The minimum Gasteiger partial charge on any atom is -0.401 e. The highest BCUT2D eigenvalue weighted by atomic mass is 32.1. The van der Waals surface area contributed by atoms with Gasteiger partial charge >= 0.3 is 6.98 Å². The van der Waals surface area contributed by atoms with Crippen molar-refractivity contribution in [1.29, 1.82) is 0 Å². The molecule has 2 N–H and O–H groups in total. The van der Waals surface area contributed by atoms with Crippen molar-refractivity contribution in [3.8, 4) is 0 Å². The number of nitrogens with zero attached hydrogens (tertiary/aromatic N) is 2. The van der Waals surface area contributed by atoms with Gasteiger partial charge in [-0.2, -0.15) is 12.6 Å². The first-order chi connectivity index (χ1) is 10.8. The molecule has 23 heavy (non-hydrogen) atoms. The fourth-order valence-electron chi connectivity index (χ4n) is 2.88. The van der Waals surface area contributed by atoms with Crippen LogP contribution in [0.4, 0.5) is 5.82 Å². The van der Waals surface area contributed by atoms with E-state index in [-0.39, 0.29) is 11.9 Å². The van der Waals surface area contributed by atoms with Crippen molar-refractivity contribution in [3.63, 3.8) is 0 Å². The van der Waals surface area contributed by atoms with Gasteiger partial charge in [0.2, 0.25) is 0 Å². The van der Waals surface area contributed by atoms with Crippen molar-refractivity contribution in [2.24, 2.45) is 0 Å². The Hall–Kier alpha value is -0.520. The van der Waals surface area contributed by atoms with E-state index >= 15 is 0 Å². The average Bonchev–Trinajstić information content (AvgIpc) is 2.94. The van der Waals surface area contributed by atoms with E-state index in [0.717, 1.165) is 12.4 Å². The first-order valence-electron chi connectivity index (χ1n) is 8.91. The van der Waals surface area contributed by atoms with Crippen LogP contribution in [0.3, 0.4) is 0 Å². The molecule has 0 spiro atoms. The molecule has 1 aromatic rings. The highest BCUT2D eigenvalue weighted by Crippen LogP contribution is 2.25. The molecule has 0 atom stereocenters. The van der Waals surface area contributed by atoms with Gasteiger partial charge in [-0.3, -0.25) is 0 Å².